The molecule has 2 fully saturated rings. The summed E-state index contributed by atoms with van der Waals surface area (Å²) in [7, 11) is 0. The van der Waals surface area contributed by atoms with Crippen LogP contribution in [-0.2, 0) is 13.0 Å². The number of fused-ring (bicyclic) bond motifs is 2. The molecule has 6 nitrogen and oxygen atoms in total. The van der Waals surface area contributed by atoms with E-state index >= 15 is 0 Å². The second-order valence-corrected chi connectivity index (χ2v) is 10.0. The van der Waals surface area contributed by atoms with Crippen molar-refractivity contribution >= 4 is 34.0 Å². The highest BCUT2D eigenvalue weighted by Crippen LogP contribution is 2.49. The predicted octanol–water partition coefficient (Wildman–Crippen LogP) is 4.74. The Morgan fingerprint density at radius 3 is 2.94 bits per heavy atom. The van der Waals surface area contributed by atoms with Crippen molar-refractivity contribution in [2.45, 2.75) is 38.8 Å². The minimum Gasteiger partial charge on any atom is -0.353 e. The van der Waals surface area contributed by atoms with Gasteiger partial charge in [-0.2, -0.15) is 4.39 Å². The molecule has 33 heavy (non-hydrogen) atoms. The van der Waals surface area contributed by atoms with Gasteiger partial charge in [0.15, 0.2) is 5.78 Å². The zero-order valence-corrected chi connectivity index (χ0v) is 19.1. The fourth-order valence-electron chi connectivity index (χ4n) is 5.28. The standard InChI is InChI=1S/C25H24FN5OS/c1-15(32)16-5-6-20-22(9-16)31(13-18-12-27-14-33-18)25(28-20)10-17-7-8-30(21-11-19(17)21)24-4-2-3-23(26)29-24/h2-6,9,12,14,17,19,21H,7-8,10-11,13H2,1H3. The van der Waals surface area contributed by atoms with Gasteiger partial charge in [0, 0.05) is 35.6 Å². The second-order valence-electron chi connectivity index (χ2n) is 9.07. The van der Waals surface area contributed by atoms with Gasteiger partial charge in [-0.1, -0.05) is 6.07 Å². The van der Waals surface area contributed by atoms with E-state index in [1.807, 2.05) is 36.0 Å². The van der Waals surface area contributed by atoms with Gasteiger partial charge in [0.2, 0.25) is 5.95 Å². The van der Waals surface area contributed by atoms with Crippen molar-refractivity contribution in [3.63, 3.8) is 0 Å². The summed E-state index contributed by atoms with van der Waals surface area (Å²) in [5.74, 6) is 2.55. The minimum absolute atomic E-state index is 0.0585. The molecule has 1 aliphatic carbocycles. The molecule has 3 atom stereocenters. The molecule has 4 heterocycles. The van der Waals surface area contributed by atoms with Crippen LogP contribution in [0.25, 0.3) is 11.0 Å². The summed E-state index contributed by atoms with van der Waals surface area (Å²) in [6, 6.07) is 11.2. The fraction of sp³-hybridized carbons (Fsp3) is 0.360. The van der Waals surface area contributed by atoms with Crippen LogP contribution in [0.1, 0.15) is 40.8 Å². The number of carbonyl (C=O) groups excluding carboxylic acids is 1. The number of carbonyl (C=O) groups is 1. The molecule has 3 aromatic heterocycles. The maximum atomic E-state index is 13.6. The highest BCUT2D eigenvalue weighted by atomic mass is 32.1. The first-order chi connectivity index (χ1) is 16.1. The van der Waals surface area contributed by atoms with Crippen molar-refractivity contribution < 1.29 is 9.18 Å². The number of hydrogen-bond donors (Lipinski definition) is 0. The van der Waals surface area contributed by atoms with E-state index in [9.17, 15) is 9.18 Å². The number of Topliss-reactive ketones (excluding diaryl/α,β-unsaturated/α-hetero) is 1. The van der Waals surface area contributed by atoms with E-state index < -0.39 is 5.95 Å². The summed E-state index contributed by atoms with van der Waals surface area (Å²) in [5.41, 5.74) is 4.48. The number of thiazole rings is 1. The molecular weight excluding hydrogens is 437 g/mol. The molecule has 3 unspecified atom stereocenters. The van der Waals surface area contributed by atoms with Gasteiger partial charge < -0.3 is 9.47 Å². The third-order valence-electron chi connectivity index (χ3n) is 7.02. The Kier molecular flexibility index (Phi) is 4.98. The van der Waals surface area contributed by atoms with E-state index in [1.165, 1.54) is 10.9 Å². The van der Waals surface area contributed by atoms with Crippen molar-refractivity contribution in [1.29, 1.82) is 0 Å². The van der Waals surface area contributed by atoms with Gasteiger partial charge in [-0.25, -0.2) is 9.97 Å². The SMILES string of the molecule is CC(=O)c1ccc2nc(CC3CCN(c4cccc(F)n4)C4CC34)n(Cc3cncs3)c2c1. The average molecular weight is 462 g/mol. The molecule has 0 N–H and O–H groups in total. The first-order valence-electron chi connectivity index (χ1n) is 11.3. The number of piperidine rings is 1. The lowest BCUT2D eigenvalue weighted by Gasteiger charge is -2.32. The van der Waals surface area contributed by atoms with Crippen molar-refractivity contribution in [1.82, 2.24) is 19.5 Å². The van der Waals surface area contributed by atoms with E-state index in [0.717, 1.165) is 48.5 Å². The Bertz CT molecular complexity index is 1330. The largest absolute Gasteiger partial charge is 0.353 e. The third kappa shape index (κ3) is 3.82. The highest BCUT2D eigenvalue weighted by molar-refractivity contribution is 7.09. The number of anilines is 1. The van der Waals surface area contributed by atoms with E-state index in [2.05, 4.69) is 19.4 Å². The Morgan fingerprint density at radius 2 is 2.15 bits per heavy atom. The van der Waals surface area contributed by atoms with Crippen LogP contribution in [0.15, 0.2) is 48.1 Å². The van der Waals surface area contributed by atoms with Crippen LogP contribution >= 0.6 is 11.3 Å². The number of ketones is 1. The molecule has 168 valence electrons. The first kappa shape index (κ1) is 20.5. The first-order valence-corrected chi connectivity index (χ1v) is 12.2. The smallest absolute Gasteiger partial charge is 0.214 e. The van der Waals surface area contributed by atoms with Crippen LogP contribution in [-0.4, -0.2) is 37.9 Å². The zero-order valence-electron chi connectivity index (χ0n) is 18.3. The number of pyridine rings is 1. The summed E-state index contributed by atoms with van der Waals surface area (Å²) in [6.07, 6.45) is 4.94. The highest BCUT2D eigenvalue weighted by Gasteiger charge is 2.50. The summed E-state index contributed by atoms with van der Waals surface area (Å²) in [6.45, 7) is 3.18. The summed E-state index contributed by atoms with van der Waals surface area (Å²) >= 11 is 1.63. The van der Waals surface area contributed by atoms with Gasteiger partial charge in [0.1, 0.15) is 11.6 Å². The number of imidazole rings is 1. The number of hydrogen-bond acceptors (Lipinski definition) is 6. The summed E-state index contributed by atoms with van der Waals surface area (Å²) in [4.78, 5) is 28.7. The number of benzene rings is 1. The molecule has 0 amide bonds. The Labute approximate surface area is 195 Å². The number of nitrogens with zero attached hydrogens (tertiary/aromatic N) is 5. The molecule has 1 saturated heterocycles. The molecular formula is C25H24FN5OS. The maximum absolute atomic E-state index is 13.6. The van der Waals surface area contributed by atoms with E-state index in [0.29, 0.717) is 30.0 Å². The van der Waals surface area contributed by atoms with Gasteiger partial charge in [-0.15, -0.1) is 11.3 Å². The topological polar surface area (TPSA) is 63.9 Å². The summed E-state index contributed by atoms with van der Waals surface area (Å²) < 4.78 is 15.9. The van der Waals surface area contributed by atoms with Crippen LogP contribution in [0, 0.1) is 17.8 Å². The molecule has 1 aromatic carbocycles. The molecule has 0 radical (unpaired) electrons. The quantitative estimate of drug-likeness (QED) is 0.307. The van der Waals surface area contributed by atoms with E-state index in [1.54, 1.807) is 24.3 Å². The second kappa shape index (κ2) is 8.02. The lowest BCUT2D eigenvalue weighted by atomic mass is 9.92. The molecule has 1 aliphatic heterocycles. The Morgan fingerprint density at radius 1 is 1.24 bits per heavy atom. The molecule has 1 saturated carbocycles. The van der Waals surface area contributed by atoms with Gasteiger partial charge >= 0.3 is 0 Å². The lowest BCUT2D eigenvalue weighted by molar-refractivity contribution is 0.101. The summed E-state index contributed by atoms with van der Waals surface area (Å²) in [5, 5.41) is 0. The van der Waals surface area contributed by atoms with Crippen LogP contribution in [0.2, 0.25) is 0 Å². The number of rotatable bonds is 6. The van der Waals surface area contributed by atoms with Crippen molar-refractivity contribution in [3.05, 3.63) is 70.3 Å². The van der Waals surface area contributed by atoms with Crippen molar-refractivity contribution in [2.75, 3.05) is 11.4 Å². The maximum Gasteiger partial charge on any atom is 0.214 e. The molecule has 0 bridgehead atoms. The number of halogens is 1. The van der Waals surface area contributed by atoms with Crippen LogP contribution in [0.3, 0.4) is 0 Å². The monoisotopic (exact) mass is 461 g/mol. The third-order valence-corrected chi connectivity index (χ3v) is 7.79. The van der Waals surface area contributed by atoms with Gasteiger partial charge in [0.25, 0.3) is 0 Å². The number of aromatic nitrogens is 4. The van der Waals surface area contributed by atoms with E-state index in [-0.39, 0.29) is 5.78 Å². The van der Waals surface area contributed by atoms with Crippen LogP contribution in [0.5, 0.6) is 0 Å². The van der Waals surface area contributed by atoms with E-state index in [4.69, 9.17) is 4.98 Å². The lowest BCUT2D eigenvalue weighted by Crippen LogP contribution is -2.36. The van der Waals surface area contributed by atoms with Crippen molar-refractivity contribution in [3.8, 4) is 0 Å². The Hall–Kier alpha value is -3.13. The molecule has 0 spiro atoms. The van der Waals surface area contributed by atoms with Crippen LogP contribution in [0.4, 0.5) is 10.2 Å². The minimum atomic E-state index is -0.423. The predicted molar refractivity (Wildman–Crippen MR) is 126 cm³/mol. The Balaban J connectivity index is 1.28. The molecule has 4 aromatic rings. The molecule has 6 rings (SSSR count). The zero-order chi connectivity index (χ0) is 22.5. The van der Waals surface area contributed by atoms with Gasteiger partial charge in [0.05, 0.1) is 23.1 Å². The van der Waals surface area contributed by atoms with Crippen LogP contribution < -0.4 is 4.90 Å². The molecule has 2 aliphatic rings. The van der Waals surface area contributed by atoms with Crippen molar-refractivity contribution in [2.24, 2.45) is 11.8 Å². The molecule has 8 heteroatoms. The van der Waals surface area contributed by atoms with Gasteiger partial charge in [-0.3, -0.25) is 9.78 Å². The fourth-order valence-corrected chi connectivity index (χ4v) is 5.86. The normalized spacial score (nSPS) is 21.9. The van der Waals surface area contributed by atoms with Gasteiger partial charge in [-0.05, 0) is 61.9 Å². The average Bonchev–Trinajstić information content (AvgIpc) is 3.31.